The van der Waals surface area contributed by atoms with Crippen LogP contribution in [0.5, 0.6) is 0 Å². The van der Waals surface area contributed by atoms with Crippen LogP contribution >= 0.6 is 0 Å². The Bertz CT molecular complexity index is 291. The van der Waals surface area contributed by atoms with E-state index in [0.717, 1.165) is 19.4 Å². The molecule has 2 aliphatic heterocycles. The van der Waals surface area contributed by atoms with Crippen molar-refractivity contribution in [2.45, 2.75) is 50.4 Å². The summed E-state index contributed by atoms with van der Waals surface area (Å²) in [5.41, 5.74) is -0.599. The summed E-state index contributed by atoms with van der Waals surface area (Å²) in [5, 5.41) is 3.38. The van der Waals surface area contributed by atoms with Crippen molar-refractivity contribution in [3.63, 3.8) is 0 Å². The predicted molar refractivity (Wildman–Crippen MR) is 66.4 cm³/mol. The van der Waals surface area contributed by atoms with E-state index in [0.29, 0.717) is 26.0 Å². The van der Waals surface area contributed by atoms with Crippen LogP contribution < -0.4 is 5.32 Å². The Morgan fingerprint density at radius 1 is 1.44 bits per heavy atom. The molecule has 2 heterocycles. The molecule has 2 rings (SSSR count). The number of hydrogen-bond acceptors (Lipinski definition) is 5. The van der Waals surface area contributed by atoms with E-state index in [1.165, 1.54) is 7.11 Å². The zero-order valence-corrected chi connectivity index (χ0v) is 11.2. The Hall–Kier alpha value is -0.650. The highest BCUT2D eigenvalue weighted by atomic mass is 16.5. The summed E-state index contributed by atoms with van der Waals surface area (Å²) in [4.78, 5) is 12.1. The lowest BCUT2D eigenvalue weighted by Crippen LogP contribution is -2.58. The van der Waals surface area contributed by atoms with Gasteiger partial charge in [-0.1, -0.05) is 0 Å². The molecule has 0 aliphatic carbocycles. The van der Waals surface area contributed by atoms with Gasteiger partial charge in [0.1, 0.15) is 5.54 Å². The van der Waals surface area contributed by atoms with E-state index in [4.69, 9.17) is 14.2 Å². The van der Waals surface area contributed by atoms with Crippen molar-refractivity contribution in [1.29, 1.82) is 0 Å². The lowest BCUT2D eigenvalue weighted by atomic mass is 9.86. The Kier molecular flexibility index (Phi) is 4.59. The first-order chi connectivity index (χ1) is 8.66. The molecule has 0 aromatic carbocycles. The van der Waals surface area contributed by atoms with Crippen molar-refractivity contribution in [3.8, 4) is 0 Å². The summed E-state index contributed by atoms with van der Waals surface area (Å²) >= 11 is 0. The van der Waals surface area contributed by atoms with E-state index in [1.807, 2.05) is 6.92 Å². The average Bonchev–Trinajstić information content (AvgIpc) is 2.88. The number of methoxy groups -OCH3 is 1. The normalized spacial score (nSPS) is 36.6. The van der Waals surface area contributed by atoms with Crippen LogP contribution in [0.15, 0.2) is 0 Å². The van der Waals surface area contributed by atoms with Crippen LogP contribution in [-0.4, -0.2) is 50.6 Å². The highest BCUT2D eigenvalue weighted by molar-refractivity contribution is 5.81. The second-order valence-corrected chi connectivity index (χ2v) is 5.23. The molecular weight excluding hydrogens is 234 g/mol. The highest BCUT2D eigenvalue weighted by Gasteiger charge is 2.43. The summed E-state index contributed by atoms with van der Waals surface area (Å²) in [5.74, 6) is -0.185. The fourth-order valence-corrected chi connectivity index (χ4v) is 2.81. The molecule has 0 bridgehead atoms. The Morgan fingerprint density at radius 2 is 2.28 bits per heavy atom. The molecule has 5 nitrogen and oxygen atoms in total. The van der Waals surface area contributed by atoms with Crippen LogP contribution in [-0.2, 0) is 19.0 Å². The van der Waals surface area contributed by atoms with Crippen LogP contribution in [0.2, 0.25) is 0 Å². The predicted octanol–water partition coefficient (Wildman–Crippen LogP) is 0.866. The minimum absolute atomic E-state index is 0.0786. The quantitative estimate of drug-likeness (QED) is 0.757. The van der Waals surface area contributed by atoms with Gasteiger partial charge in [0.05, 0.1) is 19.3 Å². The van der Waals surface area contributed by atoms with Gasteiger partial charge in [-0.3, -0.25) is 10.1 Å². The van der Waals surface area contributed by atoms with E-state index in [-0.39, 0.29) is 18.2 Å². The van der Waals surface area contributed by atoms with Crippen LogP contribution in [0.4, 0.5) is 0 Å². The van der Waals surface area contributed by atoms with Crippen molar-refractivity contribution in [2.24, 2.45) is 0 Å². The van der Waals surface area contributed by atoms with E-state index < -0.39 is 5.54 Å². The highest BCUT2D eigenvalue weighted by Crippen LogP contribution is 2.26. The number of hydrogen-bond donors (Lipinski definition) is 1. The smallest absolute Gasteiger partial charge is 0.326 e. The molecule has 0 radical (unpaired) electrons. The molecule has 18 heavy (non-hydrogen) atoms. The Morgan fingerprint density at radius 3 is 2.89 bits per heavy atom. The van der Waals surface area contributed by atoms with E-state index in [9.17, 15) is 4.79 Å². The monoisotopic (exact) mass is 257 g/mol. The maximum Gasteiger partial charge on any atom is 0.326 e. The molecule has 2 saturated heterocycles. The topological polar surface area (TPSA) is 56.8 Å². The van der Waals surface area contributed by atoms with Crippen molar-refractivity contribution in [1.82, 2.24) is 5.32 Å². The number of ether oxygens (including phenoxy) is 3. The first kappa shape index (κ1) is 13.8. The van der Waals surface area contributed by atoms with Crippen molar-refractivity contribution in [2.75, 3.05) is 26.9 Å². The third-order valence-electron chi connectivity index (χ3n) is 3.84. The Balaban J connectivity index is 1.97. The summed E-state index contributed by atoms with van der Waals surface area (Å²) in [7, 11) is 1.44. The minimum atomic E-state index is -0.599. The zero-order chi connectivity index (χ0) is 13.0. The largest absolute Gasteiger partial charge is 0.468 e. The van der Waals surface area contributed by atoms with E-state index in [2.05, 4.69) is 5.32 Å². The summed E-state index contributed by atoms with van der Waals surface area (Å²) < 4.78 is 16.1. The molecule has 0 spiro atoms. The van der Waals surface area contributed by atoms with Gasteiger partial charge < -0.3 is 14.2 Å². The molecule has 3 unspecified atom stereocenters. The number of rotatable bonds is 4. The van der Waals surface area contributed by atoms with Gasteiger partial charge in [-0.05, 0) is 26.2 Å². The van der Waals surface area contributed by atoms with Gasteiger partial charge in [0.25, 0.3) is 0 Å². The maximum atomic E-state index is 12.1. The molecule has 1 N–H and O–H groups in total. The standard InChI is InChI=1S/C13H23NO4/c1-10-8-13(5-7-17-10,12(15)16-2)14-9-11-4-3-6-18-11/h10-11,14H,3-9H2,1-2H3. The third kappa shape index (κ3) is 3.02. The number of carbonyl (C=O) groups is 1. The van der Waals surface area contributed by atoms with Crippen LogP contribution in [0.25, 0.3) is 0 Å². The second kappa shape index (κ2) is 5.99. The molecule has 104 valence electrons. The van der Waals surface area contributed by atoms with Crippen LogP contribution in [0.1, 0.15) is 32.6 Å². The summed E-state index contributed by atoms with van der Waals surface area (Å²) in [6.07, 6.45) is 3.80. The first-order valence-electron chi connectivity index (χ1n) is 6.73. The molecule has 3 atom stereocenters. The molecule has 2 aliphatic rings. The van der Waals surface area contributed by atoms with Crippen LogP contribution in [0, 0.1) is 0 Å². The molecule has 0 saturated carbocycles. The molecule has 2 fully saturated rings. The Labute approximate surface area is 108 Å². The molecule has 5 heteroatoms. The fraction of sp³-hybridized carbons (Fsp3) is 0.923. The molecule has 0 aromatic rings. The maximum absolute atomic E-state index is 12.1. The number of nitrogens with one attached hydrogen (secondary N) is 1. The van der Waals surface area contributed by atoms with E-state index >= 15 is 0 Å². The molecule has 0 amide bonds. The lowest BCUT2D eigenvalue weighted by molar-refractivity contribution is -0.155. The summed E-state index contributed by atoms with van der Waals surface area (Å²) in [6.45, 7) is 4.12. The van der Waals surface area contributed by atoms with Crippen molar-refractivity contribution < 1.29 is 19.0 Å². The van der Waals surface area contributed by atoms with E-state index in [1.54, 1.807) is 0 Å². The van der Waals surface area contributed by atoms with Gasteiger partial charge >= 0.3 is 5.97 Å². The third-order valence-corrected chi connectivity index (χ3v) is 3.84. The van der Waals surface area contributed by atoms with Gasteiger partial charge in [-0.15, -0.1) is 0 Å². The van der Waals surface area contributed by atoms with Gasteiger partial charge in [0.15, 0.2) is 0 Å². The number of carbonyl (C=O) groups excluding carboxylic acids is 1. The van der Waals surface area contributed by atoms with Gasteiger partial charge in [0.2, 0.25) is 0 Å². The van der Waals surface area contributed by atoms with Gasteiger partial charge in [0, 0.05) is 26.2 Å². The molecule has 0 aromatic heterocycles. The fourth-order valence-electron chi connectivity index (χ4n) is 2.81. The summed E-state index contributed by atoms with van der Waals surface area (Å²) in [6, 6.07) is 0. The average molecular weight is 257 g/mol. The first-order valence-corrected chi connectivity index (χ1v) is 6.73. The van der Waals surface area contributed by atoms with Crippen molar-refractivity contribution >= 4 is 5.97 Å². The van der Waals surface area contributed by atoms with Gasteiger partial charge in [-0.25, -0.2) is 0 Å². The van der Waals surface area contributed by atoms with Crippen molar-refractivity contribution in [3.05, 3.63) is 0 Å². The van der Waals surface area contributed by atoms with Crippen LogP contribution in [0.3, 0.4) is 0 Å². The molecular formula is C13H23NO4. The second-order valence-electron chi connectivity index (χ2n) is 5.23. The zero-order valence-electron chi connectivity index (χ0n) is 11.2. The number of esters is 1. The SMILES string of the molecule is COC(=O)C1(NCC2CCCO2)CCOC(C)C1. The van der Waals surface area contributed by atoms with Gasteiger partial charge in [-0.2, -0.15) is 0 Å². The lowest BCUT2D eigenvalue weighted by Gasteiger charge is -2.38. The minimum Gasteiger partial charge on any atom is -0.468 e.